The maximum absolute atomic E-state index is 12.8. The summed E-state index contributed by atoms with van der Waals surface area (Å²) in [6.07, 6.45) is 0.756. The van der Waals surface area contributed by atoms with Crippen molar-refractivity contribution in [1.29, 1.82) is 0 Å². The van der Waals surface area contributed by atoms with Gasteiger partial charge in [-0.25, -0.2) is 8.42 Å². The fourth-order valence-corrected chi connectivity index (χ4v) is 4.09. The summed E-state index contributed by atoms with van der Waals surface area (Å²) in [6, 6.07) is 14.5. The number of hydrogen-bond acceptors (Lipinski definition) is 3. The molecule has 1 aliphatic heterocycles. The zero-order chi connectivity index (χ0) is 14.2. The minimum atomic E-state index is -3.51. The minimum absolute atomic E-state index is 0.303. The first-order valence-electron chi connectivity index (χ1n) is 6.52. The Hall–Kier alpha value is -1.85. The van der Waals surface area contributed by atoms with E-state index in [9.17, 15) is 8.42 Å². The lowest BCUT2D eigenvalue weighted by Crippen LogP contribution is -2.29. The molecule has 0 saturated carbocycles. The summed E-state index contributed by atoms with van der Waals surface area (Å²) in [5.41, 5.74) is 8.26. The molecule has 0 saturated heterocycles. The van der Waals surface area contributed by atoms with Gasteiger partial charge in [-0.3, -0.25) is 4.31 Å². The Morgan fingerprint density at radius 2 is 1.90 bits per heavy atom. The summed E-state index contributed by atoms with van der Waals surface area (Å²) < 4.78 is 27.0. The maximum Gasteiger partial charge on any atom is 0.264 e. The molecular formula is C15H16N2O2S. The van der Waals surface area contributed by atoms with Crippen LogP contribution in [0.2, 0.25) is 0 Å². The Kier molecular flexibility index (Phi) is 3.23. The van der Waals surface area contributed by atoms with Crippen molar-refractivity contribution in [1.82, 2.24) is 0 Å². The molecule has 1 aliphatic rings. The lowest BCUT2D eigenvalue weighted by molar-refractivity contribution is 0.592. The van der Waals surface area contributed by atoms with Crippen LogP contribution in [-0.2, 0) is 23.0 Å². The van der Waals surface area contributed by atoms with Gasteiger partial charge in [0.15, 0.2) is 0 Å². The number of nitrogens with two attached hydrogens (primary N) is 1. The van der Waals surface area contributed by atoms with E-state index >= 15 is 0 Å². The van der Waals surface area contributed by atoms with Crippen LogP contribution in [0.5, 0.6) is 0 Å². The lowest BCUT2D eigenvalue weighted by atomic mass is 10.2. The molecule has 2 N–H and O–H groups in total. The molecule has 0 fully saturated rings. The average molecular weight is 288 g/mol. The van der Waals surface area contributed by atoms with Gasteiger partial charge < -0.3 is 5.73 Å². The van der Waals surface area contributed by atoms with E-state index in [-0.39, 0.29) is 0 Å². The fraction of sp³-hybridized carbons (Fsp3) is 0.200. The van der Waals surface area contributed by atoms with Gasteiger partial charge in [0.25, 0.3) is 10.0 Å². The predicted octanol–water partition coefficient (Wildman–Crippen LogP) is 1.90. The number of hydrogen-bond donors (Lipinski definition) is 1. The van der Waals surface area contributed by atoms with Gasteiger partial charge in [0.05, 0.1) is 10.6 Å². The van der Waals surface area contributed by atoms with Crippen LogP contribution in [0.1, 0.15) is 11.1 Å². The SMILES string of the molecule is NCc1cccc(S(=O)(=O)N2CCc3ccccc32)c1. The van der Waals surface area contributed by atoms with Crippen molar-refractivity contribution in [2.75, 3.05) is 10.8 Å². The normalized spacial score (nSPS) is 14.3. The summed E-state index contributed by atoms with van der Waals surface area (Å²) in [5, 5.41) is 0. The Bertz CT molecular complexity index is 741. The summed E-state index contributed by atoms with van der Waals surface area (Å²) in [6.45, 7) is 0.828. The number of benzene rings is 2. The van der Waals surface area contributed by atoms with E-state index in [2.05, 4.69) is 0 Å². The third-order valence-electron chi connectivity index (χ3n) is 3.57. The van der Waals surface area contributed by atoms with E-state index in [4.69, 9.17) is 5.73 Å². The van der Waals surface area contributed by atoms with E-state index in [1.54, 1.807) is 18.2 Å². The molecule has 104 valence electrons. The maximum atomic E-state index is 12.8. The van der Waals surface area contributed by atoms with Crippen molar-refractivity contribution in [3.63, 3.8) is 0 Å². The molecule has 0 atom stereocenters. The van der Waals surface area contributed by atoms with Crippen molar-refractivity contribution < 1.29 is 8.42 Å². The van der Waals surface area contributed by atoms with Crippen LogP contribution in [-0.4, -0.2) is 15.0 Å². The van der Waals surface area contributed by atoms with Gasteiger partial charge >= 0.3 is 0 Å². The second kappa shape index (κ2) is 4.92. The van der Waals surface area contributed by atoms with E-state index in [0.29, 0.717) is 18.0 Å². The smallest absolute Gasteiger partial charge is 0.264 e. The molecule has 0 aromatic heterocycles. The van der Waals surface area contributed by atoms with Gasteiger partial charge in [-0.2, -0.15) is 0 Å². The van der Waals surface area contributed by atoms with Crippen LogP contribution in [0, 0.1) is 0 Å². The Morgan fingerprint density at radius 1 is 1.10 bits per heavy atom. The van der Waals surface area contributed by atoms with Crippen molar-refractivity contribution in [2.24, 2.45) is 5.73 Å². The third kappa shape index (κ3) is 2.09. The summed E-state index contributed by atoms with van der Waals surface area (Å²) in [4.78, 5) is 0.303. The average Bonchev–Trinajstić information content (AvgIpc) is 2.92. The Balaban J connectivity index is 2.05. The van der Waals surface area contributed by atoms with Crippen LogP contribution in [0.25, 0.3) is 0 Å². The summed E-state index contributed by atoms with van der Waals surface area (Å²) in [7, 11) is -3.51. The van der Waals surface area contributed by atoms with Crippen LogP contribution in [0.4, 0.5) is 5.69 Å². The summed E-state index contributed by atoms with van der Waals surface area (Å²) in [5.74, 6) is 0. The largest absolute Gasteiger partial charge is 0.326 e. The van der Waals surface area contributed by atoms with Gasteiger partial charge in [0.1, 0.15) is 0 Å². The van der Waals surface area contributed by atoms with Crippen molar-refractivity contribution in [3.05, 3.63) is 59.7 Å². The predicted molar refractivity (Wildman–Crippen MR) is 79.0 cm³/mol. The van der Waals surface area contributed by atoms with Gasteiger partial charge in [-0.05, 0) is 35.7 Å². The molecule has 2 aromatic carbocycles. The van der Waals surface area contributed by atoms with Crippen LogP contribution in [0.3, 0.4) is 0 Å². The Morgan fingerprint density at radius 3 is 2.70 bits per heavy atom. The molecule has 0 radical (unpaired) electrons. The number of rotatable bonds is 3. The number of fused-ring (bicyclic) bond motifs is 1. The zero-order valence-electron chi connectivity index (χ0n) is 11.0. The van der Waals surface area contributed by atoms with Gasteiger partial charge in [-0.1, -0.05) is 30.3 Å². The molecule has 0 spiro atoms. The standard InChI is InChI=1S/C15H16N2O2S/c16-11-12-4-3-6-14(10-12)20(18,19)17-9-8-13-5-1-2-7-15(13)17/h1-7,10H,8-9,11,16H2. The molecule has 1 heterocycles. The number of sulfonamides is 1. The van der Waals surface area contributed by atoms with E-state index < -0.39 is 10.0 Å². The third-order valence-corrected chi connectivity index (χ3v) is 5.38. The molecule has 0 amide bonds. The van der Waals surface area contributed by atoms with E-state index in [1.807, 2.05) is 30.3 Å². The molecular weight excluding hydrogens is 272 g/mol. The lowest BCUT2D eigenvalue weighted by Gasteiger charge is -2.19. The quantitative estimate of drug-likeness (QED) is 0.938. The van der Waals surface area contributed by atoms with Crippen molar-refractivity contribution in [3.8, 4) is 0 Å². The molecule has 0 aliphatic carbocycles. The number of anilines is 1. The molecule has 3 rings (SSSR count). The van der Waals surface area contributed by atoms with Gasteiger partial charge in [-0.15, -0.1) is 0 Å². The highest BCUT2D eigenvalue weighted by Gasteiger charge is 2.30. The van der Waals surface area contributed by atoms with Crippen LogP contribution < -0.4 is 10.0 Å². The molecule has 2 aromatic rings. The molecule has 5 heteroatoms. The summed E-state index contributed by atoms with van der Waals surface area (Å²) >= 11 is 0. The second-order valence-electron chi connectivity index (χ2n) is 4.81. The fourth-order valence-electron chi connectivity index (χ4n) is 2.52. The highest BCUT2D eigenvalue weighted by molar-refractivity contribution is 7.92. The van der Waals surface area contributed by atoms with Crippen LogP contribution in [0.15, 0.2) is 53.4 Å². The zero-order valence-corrected chi connectivity index (χ0v) is 11.8. The van der Waals surface area contributed by atoms with Crippen molar-refractivity contribution in [2.45, 2.75) is 17.9 Å². The topological polar surface area (TPSA) is 63.4 Å². The molecule has 20 heavy (non-hydrogen) atoms. The minimum Gasteiger partial charge on any atom is -0.326 e. The van der Waals surface area contributed by atoms with Crippen LogP contribution >= 0.6 is 0 Å². The Labute approximate surface area is 118 Å². The molecule has 4 nitrogen and oxygen atoms in total. The van der Waals surface area contributed by atoms with Gasteiger partial charge in [0.2, 0.25) is 0 Å². The first kappa shape index (κ1) is 13.1. The van der Waals surface area contributed by atoms with Gasteiger partial charge in [0, 0.05) is 13.1 Å². The monoisotopic (exact) mass is 288 g/mol. The molecule has 0 bridgehead atoms. The van der Waals surface area contributed by atoms with Crippen molar-refractivity contribution >= 4 is 15.7 Å². The first-order valence-corrected chi connectivity index (χ1v) is 7.96. The molecule has 0 unspecified atom stereocenters. The second-order valence-corrected chi connectivity index (χ2v) is 6.67. The first-order chi connectivity index (χ1) is 9.63. The number of nitrogens with zero attached hydrogens (tertiary/aromatic N) is 1. The van der Waals surface area contributed by atoms with E-state index in [1.165, 1.54) is 4.31 Å². The highest BCUT2D eigenvalue weighted by atomic mass is 32.2. The van der Waals surface area contributed by atoms with E-state index in [0.717, 1.165) is 23.2 Å². The number of para-hydroxylation sites is 1. The highest BCUT2D eigenvalue weighted by Crippen LogP contribution is 2.32.